The van der Waals surface area contributed by atoms with E-state index in [9.17, 15) is 0 Å². The molecule has 0 radical (unpaired) electrons. The van der Waals surface area contributed by atoms with Crippen molar-refractivity contribution in [3.63, 3.8) is 0 Å². The second kappa shape index (κ2) is 10.4. The SMILES string of the molecule is CC(C)(C)c1ccc2c(c1)Cc1c-2ccc(C(C)(C)C)[c]1[Ti+2]([C]1=CC=CC1)=[C]1C2CC3CC(C2)CC1C3.[Cl-].[Cl-]. The van der Waals surface area contributed by atoms with Crippen LogP contribution < -0.4 is 28.7 Å². The van der Waals surface area contributed by atoms with Crippen molar-refractivity contribution in [1.29, 1.82) is 0 Å². The van der Waals surface area contributed by atoms with E-state index in [4.69, 9.17) is 0 Å². The molecule has 6 aliphatic rings. The molecule has 0 saturated heterocycles. The maximum Gasteiger partial charge on any atom is -1.00 e. The molecule has 0 spiro atoms. The number of rotatable bonds is 2. The average Bonchev–Trinajstić information content (AvgIpc) is 3.47. The summed E-state index contributed by atoms with van der Waals surface area (Å²) in [4.78, 5) is 0. The van der Waals surface area contributed by atoms with Gasteiger partial charge in [-0.05, 0) is 0 Å². The number of allylic oxidation sites excluding steroid dienone is 4. The summed E-state index contributed by atoms with van der Waals surface area (Å²) in [6.07, 6.45) is 17.3. The van der Waals surface area contributed by atoms with Crippen molar-refractivity contribution in [3.8, 4) is 11.1 Å². The Hall–Kier alpha value is -0.916. The largest absolute Gasteiger partial charge is 1.00 e. The topological polar surface area (TPSA) is 0 Å². The van der Waals surface area contributed by atoms with Gasteiger partial charge in [-0.3, -0.25) is 0 Å². The van der Waals surface area contributed by atoms with Crippen LogP contribution in [0.4, 0.5) is 0 Å². The molecule has 0 nitrogen and oxygen atoms in total. The standard InChI is InChI=1S/C21H25.C10H14.C5H5.2ClH.Ti/c1-20(2,3)16-7-9-18-14(12-16)11-15-13-17(21(4,5)6)8-10-19(15)18;1-7-2-9-4-8(1)5-10(3-7)6-9;1-2-4-5-3-1;;;/h7-10,12H,11H2,1-6H3;7-10H,1-5H2;1-3H,4H2;2*1H;/q;;;;;+2/p-2. The van der Waals surface area contributed by atoms with Crippen molar-refractivity contribution in [2.24, 2.45) is 23.7 Å². The Labute approximate surface area is 255 Å². The van der Waals surface area contributed by atoms with Gasteiger partial charge in [-0.1, -0.05) is 0 Å². The summed E-state index contributed by atoms with van der Waals surface area (Å²) in [5, 5.41) is 0. The Balaban J connectivity index is 0.00000154. The van der Waals surface area contributed by atoms with Crippen LogP contribution in [0.2, 0.25) is 0 Å². The zero-order valence-electron chi connectivity index (χ0n) is 24.6. The molecule has 0 aromatic heterocycles. The Morgan fingerprint density at radius 1 is 0.744 bits per heavy atom. The minimum atomic E-state index is -1.85. The van der Waals surface area contributed by atoms with Crippen molar-refractivity contribution in [2.75, 3.05) is 0 Å². The van der Waals surface area contributed by atoms with Crippen LogP contribution in [0.25, 0.3) is 11.1 Å². The maximum absolute atomic E-state index is 2.57. The minimum absolute atomic E-state index is 0. The Kier molecular flexibility index (Phi) is 7.90. The number of hydrogen-bond acceptors (Lipinski definition) is 0. The van der Waals surface area contributed by atoms with Gasteiger partial charge < -0.3 is 24.8 Å². The molecule has 0 N–H and O–H groups in total. The third-order valence-corrected chi connectivity index (χ3v) is 15.8. The molecule has 8 rings (SSSR count). The second-order valence-corrected chi connectivity index (χ2v) is 18.9. The van der Waals surface area contributed by atoms with Crippen molar-refractivity contribution in [1.82, 2.24) is 0 Å². The summed E-state index contributed by atoms with van der Waals surface area (Å²) in [5.74, 6) is 3.91. The molecule has 0 amide bonds. The molecule has 0 aliphatic heterocycles. The van der Waals surface area contributed by atoms with Crippen LogP contribution in [0, 0.1) is 23.7 Å². The Morgan fingerprint density at radius 2 is 1.38 bits per heavy atom. The molecule has 2 aromatic carbocycles. The normalized spacial score (nSPS) is 25.9. The maximum atomic E-state index is 2.57. The van der Waals surface area contributed by atoms with E-state index in [1.54, 1.807) is 28.7 Å². The summed E-state index contributed by atoms with van der Waals surface area (Å²) in [5.41, 5.74) is 9.87. The van der Waals surface area contributed by atoms with Gasteiger partial charge in [0.05, 0.1) is 0 Å². The summed E-state index contributed by atoms with van der Waals surface area (Å²) >= 11 is -1.85. The smallest absolute Gasteiger partial charge is 1.00 e. The van der Waals surface area contributed by atoms with E-state index in [1.165, 1.54) is 43.2 Å². The van der Waals surface area contributed by atoms with Crippen LogP contribution in [0.3, 0.4) is 0 Å². The summed E-state index contributed by atoms with van der Waals surface area (Å²) < 4.78 is 5.83. The van der Waals surface area contributed by atoms with Gasteiger partial charge in [0.2, 0.25) is 0 Å². The number of halogens is 2. The van der Waals surface area contributed by atoms with E-state index in [1.807, 2.05) is 7.75 Å². The summed E-state index contributed by atoms with van der Waals surface area (Å²) in [7, 11) is 0. The monoisotopic (exact) mass is 594 g/mol. The number of hydrogen-bond donors (Lipinski definition) is 0. The van der Waals surface area contributed by atoms with Gasteiger partial charge in [-0.25, -0.2) is 0 Å². The van der Waals surface area contributed by atoms with E-state index >= 15 is 0 Å². The second-order valence-electron chi connectivity index (χ2n) is 15.0. The first kappa shape index (κ1) is 29.6. The van der Waals surface area contributed by atoms with Crippen LogP contribution >= 0.6 is 0 Å². The Morgan fingerprint density at radius 3 is 1.95 bits per heavy atom. The first-order chi connectivity index (χ1) is 17.6. The third-order valence-electron chi connectivity index (χ3n) is 10.4. The van der Waals surface area contributed by atoms with Crippen LogP contribution in [-0.2, 0) is 34.7 Å². The van der Waals surface area contributed by atoms with Gasteiger partial charge >= 0.3 is 232 Å². The Bertz CT molecular complexity index is 1360. The van der Waals surface area contributed by atoms with Gasteiger partial charge in [0.25, 0.3) is 0 Å². The first-order valence-corrected chi connectivity index (χ1v) is 17.3. The molecular formula is C36H44Cl2Ti. The van der Waals surface area contributed by atoms with Gasteiger partial charge in [-0.2, -0.15) is 0 Å². The molecule has 4 saturated carbocycles. The van der Waals surface area contributed by atoms with Gasteiger partial charge in [0, 0.05) is 0 Å². The van der Waals surface area contributed by atoms with Crippen LogP contribution in [-0.4, -0.2) is 3.81 Å². The molecule has 4 fully saturated rings. The van der Waals surface area contributed by atoms with Gasteiger partial charge in [0.15, 0.2) is 0 Å². The molecule has 206 valence electrons. The summed E-state index contributed by atoms with van der Waals surface area (Å²) in [6, 6.07) is 12.5. The molecule has 6 aliphatic carbocycles. The van der Waals surface area contributed by atoms with Gasteiger partial charge in [0.1, 0.15) is 0 Å². The average molecular weight is 596 g/mol. The first-order valence-electron chi connectivity index (χ1n) is 15.0. The predicted molar refractivity (Wildman–Crippen MR) is 156 cm³/mol. The molecule has 0 atom stereocenters. The van der Waals surface area contributed by atoms with Crippen molar-refractivity contribution in [2.45, 2.75) is 97.3 Å². The van der Waals surface area contributed by atoms with E-state index in [0.29, 0.717) is 0 Å². The fourth-order valence-corrected chi connectivity index (χ4v) is 15.3. The van der Waals surface area contributed by atoms with Crippen LogP contribution in [0.1, 0.15) is 102 Å². The quantitative estimate of drug-likeness (QED) is 0.400. The van der Waals surface area contributed by atoms with Crippen LogP contribution in [0.15, 0.2) is 52.4 Å². The molecule has 0 unspecified atom stereocenters. The number of fused-ring (bicyclic) bond motifs is 3. The fraction of sp³-hybridized carbons (Fsp3) is 0.528. The summed E-state index contributed by atoms with van der Waals surface area (Å²) in [6.45, 7) is 14.5. The molecule has 3 heteroatoms. The zero-order chi connectivity index (χ0) is 25.7. The molecule has 39 heavy (non-hydrogen) atoms. The van der Waals surface area contributed by atoms with Crippen LogP contribution in [0.5, 0.6) is 0 Å². The van der Waals surface area contributed by atoms with Crippen molar-refractivity contribution < 1.29 is 42.2 Å². The predicted octanol–water partition coefficient (Wildman–Crippen LogP) is 2.58. The minimum Gasteiger partial charge on any atom is -1.00 e. The van der Waals surface area contributed by atoms with E-state index in [0.717, 1.165) is 30.1 Å². The van der Waals surface area contributed by atoms with E-state index in [2.05, 4.69) is 93.9 Å². The molecule has 4 bridgehead atoms. The zero-order valence-corrected chi connectivity index (χ0v) is 27.7. The fourth-order valence-electron chi connectivity index (χ4n) is 8.88. The molecular weight excluding hydrogens is 551 g/mol. The third kappa shape index (κ3) is 4.94. The van der Waals surface area contributed by atoms with Gasteiger partial charge in [-0.15, -0.1) is 0 Å². The van der Waals surface area contributed by atoms with Crippen molar-refractivity contribution in [3.05, 3.63) is 74.7 Å². The van der Waals surface area contributed by atoms with E-state index < -0.39 is 17.4 Å². The number of benzene rings is 2. The van der Waals surface area contributed by atoms with Crippen molar-refractivity contribution >= 4 is 7.68 Å². The molecule has 2 aromatic rings. The van der Waals surface area contributed by atoms with E-state index in [-0.39, 0.29) is 35.6 Å². The molecule has 0 heterocycles.